The summed E-state index contributed by atoms with van der Waals surface area (Å²) in [4.78, 5) is 11.4. The maximum Gasteiger partial charge on any atom is 0.331 e. The zero-order chi connectivity index (χ0) is 12.6. The van der Waals surface area contributed by atoms with E-state index in [9.17, 15) is 9.90 Å². The van der Waals surface area contributed by atoms with E-state index in [0.717, 1.165) is 6.42 Å². The van der Waals surface area contributed by atoms with Gasteiger partial charge < -0.3 is 5.11 Å². The number of carbonyl (C=O) groups is 1. The van der Waals surface area contributed by atoms with Crippen molar-refractivity contribution >= 4 is 5.97 Å². The summed E-state index contributed by atoms with van der Waals surface area (Å²) in [6, 6.07) is 1.80. The van der Waals surface area contributed by atoms with Crippen LogP contribution < -0.4 is 0 Å². The van der Waals surface area contributed by atoms with Crippen LogP contribution in [0.25, 0.3) is 0 Å². The number of carboxylic acids is 1. The molecule has 1 saturated carbocycles. The number of carboxylic acid groups (broad SMARTS) is 1. The number of aromatic nitrogens is 6. The van der Waals surface area contributed by atoms with Crippen molar-refractivity contribution < 1.29 is 9.90 Å². The van der Waals surface area contributed by atoms with Crippen LogP contribution in [0.15, 0.2) is 18.5 Å². The first-order valence-electron chi connectivity index (χ1n) is 5.71. The first-order valence-corrected chi connectivity index (χ1v) is 5.71. The molecule has 94 valence electrons. The third-order valence-electron chi connectivity index (χ3n) is 3.38. The summed E-state index contributed by atoms with van der Waals surface area (Å²) >= 11 is 0. The van der Waals surface area contributed by atoms with E-state index in [0.29, 0.717) is 25.2 Å². The lowest BCUT2D eigenvalue weighted by Gasteiger charge is -2.37. The number of hydrogen-bond acceptors (Lipinski definition) is 5. The first-order chi connectivity index (χ1) is 8.72. The van der Waals surface area contributed by atoms with Crippen LogP contribution in [0.1, 0.15) is 25.1 Å². The Morgan fingerprint density at radius 2 is 2.33 bits per heavy atom. The summed E-state index contributed by atoms with van der Waals surface area (Å²) in [6.07, 6.45) is 5.46. The Balaban J connectivity index is 1.94. The van der Waals surface area contributed by atoms with Crippen molar-refractivity contribution in [3.63, 3.8) is 0 Å². The van der Waals surface area contributed by atoms with E-state index < -0.39 is 11.5 Å². The normalized spacial score (nSPS) is 17.3. The number of rotatable bonds is 4. The second kappa shape index (κ2) is 3.90. The molecule has 0 unspecified atom stereocenters. The molecule has 1 fully saturated rings. The Hall–Kier alpha value is -2.25. The van der Waals surface area contributed by atoms with E-state index in [1.165, 1.54) is 4.68 Å². The minimum atomic E-state index is -0.966. The van der Waals surface area contributed by atoms with Gasteiger partial charge in [-0.25, -0.2) is 9.48 Å². The van der Waals surface area contributed by atoms with Gasteiger partial charge in [-0.3, -0.25) is 4.68 Å². The standard InChI is InChI=1S/C10H12N6O2/c17-9(18)10(3-1-4-10)16-8(12-13-14-16)7-15-6-2-5-11-15/h2,5-6H,1,3-4,7H2,(H,17,18). The van der Waals surface area contributed by atoms with E-state index in [1.807, 2.05) is 0 Å². The second-order valence-electron chi connectivity index (χ2n) is 4.40. The maximum atomic E-state index is 11.4. The van der Waals surface area contributed by atoms with E-state index in [1.54, 1.807) is 23.1 Å². The fourth-order valence-electron chi connectivity index (χ4n) is 2.20. The topological polar surface area (TPSA) is 98.7 Å². The zero-order valence-electron chi connectivity index (χ0n) is 9.60. The summed E-state index contributed by atoms with van der Waals surface area (Å²) in [5, 5.41) is 24.8. The summed E-state index contributed by atoms with van der Waals surface area (Å²) in [7, 11) is 0. The first kappa shape index (κ1) is 10.9. The van der Waals surface area contributed by atoms with Crippen molar-refractivity contribution in [1.82, 2.24) is 30.0 Å². The van der Waals surface area contributed by atoms with Crippen molar-refractivity contribution in [2.75, 3.05) is 0 Å². The highest BCUT2D eigenvalue weighted by molar-refractivity contribution is 5.77. The highest BCUT2D eigenvalue weighted by Crippen LogP contribution is 2.39. The molecule has 0 spiro atoms. The summed E-state index contributed by atoms with van der Waals surface area (Å²) in [6.45, 7) is 0.370. The lowest BCUT2D eigenvalue weighted by Crippen LogP contribution is -2.49. The SMILES string of the molecule is O=C(O)C1(n2nnnc2Cn2cccn2)CCC1. The predicted molar refractivity (Wildman–Crippen MR) is 58.6 cm³/mol. The van der Waals surface area contributed by atoms with Gasteiger partial charge >= 0.3 is 5.97 Å². The van der Waals surface area contributed by atoms with Gasteiger partial charge in [0.25, 0.3) is 0 Å². The van der Waals surface area contributed by atoms with Crippen LogP contribution in [-0.2, 0) is 16.9 Å². The molecule has 2 aromatic heterocycles. The third-order valence-corrected chi connectivity index (χ3v) is 3.38. The molecular formula is C10H12N6O2. The molecule has 3 rings (SSSR count). The van der Waals surface area contributed by atoms with E-state index in [2.05, 4.69) is 20.6 Å². The van der Waals surface area contributed by atoms with Gasteiger partial charge in [-0.15, -0.1) is 5.10 Å². The van der Waals surface area contributed by atoms with Gasteiger partial charge in [0.05, 0.1) is 0 Å². The summed E-state index contributed by atoms with van der Waals surface area (Å²) < 4.78 is 3.09. The highest BCUT2D eigenvalue weighted by atomic mass is 16.4. The van der Waals surface area contributed by atoms with Gasteiger partial charge in [-0.05, 0) is 35.8 Å². The Kier molecular flexibility index (Phi) is 2.35. The molecule has 1 N–H and O–H groups in total. The quantitative estimate of drug-likeness (QED) is 0.810. The van der Waals surface area contributed by atoms with Crippen molar-refractivity contribution in [3.8, 4) is 0 Å². The molecule has 1 aliphatic carbocycles. The molecule has 0 aliphatic heterocycles. The van der Waals surface area contributed by atoms with Crippen molar-refractivity contribution in [2.24, 2.45) is 0 Å². The molecule has 8 heteroatoms. The fourth-order valence-corrected chi connectivity index (χ4v) is 2.20. The molecule has 1 aliphatic rings. The van der Waals surface area contributed by atoms with Crippen molar-refractivity contribution in [3.05, 3.63) is 24.3 Å². The Labute approximate surface area is 102 Å². The lowest BCUT2D eigenvalue weighted by molar-refractivity contribution is -0.153. The molecule has 8 nitrogen and oxygen atoms in total. The molecule has 0 bridgehead atoms. The molecule has 18 heavy (non-hydrogen) atoms. The minimum Gasteiger partial charge on any atom is -0.479 e. The molecule has 2 heterocycles. The van der Waals surface area contributed by atoms with Crippen LogP contribution in [0.5, 0.6) is 0 Å². The largest absolute Gasteiger partial charge is 0.479 e. The molecule has 2 aromatic rings. The average molecular weight is 248 g/mol. The van der Waals surface area contributed by atoms with E-state index in [-0.39, 0.29) is 0 Å². The van der Waals surface area contributed by atoms with Crippen LogP contribution in [-0.4, -0.2) is 41.1 Å². The average Bonchev–Trinajstić information content (AvgIpc) is 2.89. The zero-order valence-corrected chi connectivity index (χ0v) is 9.60. The van der Waals surface area contributed by atoms with Gasteiger partial charge in [0.1, 0.15) is 6.54 Å². The third kappa shape index (κ3) is 1.49. The van der Waals surface area contributed by atoms with Crippen LogP contribution in [0.4, 0.5) is 0 Å². The highest BCUT2D eigenvalue weighted by Gasteiger charge is 2.48. The molecule has 0 atom stereocenters. The van der Waals surface area contributed by atoms with E-state index >= 15 is 0 Å². The predicted octanol–water partition coefficient (Wildman–Crippen LogP) is -0.118. The fraction of sp³-hybridized carbons (Fsp3) is 0.500. The van der Waals surface area contributed by atoms with Gasteiger partial charge in [0, 0.05) is 12.4 Å². The van der Waals surface area contributed by atoms with Crippen LogP contribution in [0, 0.1) is 0 Å². The molecule has 0 radical (unpaired) electrons. The van der Waals surface area contributed by atoms with Gasteiger partial charge in [-0.2, -0.15) is 5.10 Å². The lowest BCUT2D eigenvalue weighted by atomic mass is 9.77. The summed E-state index contributed by atoms with van der Waals surface area (Å²) in [5.74, 6) is -0.358. The second-order valence-corrected chi connectivity index (χ2v) is 4.40. The van der Waals surface area contributed by atoms with Crippen LogP contribution >= 0.6 is 0 Å². The monoisotopic (exact) mass is 248 g/mol. The Morgan fingerprint density at radius 3 is 2.89 bits per heavy atom. The van der Waals surface area contributed by atoms with Gasteiger partial charge in [0.2, 0.25) is 0 Å². The molecule has 0 amide bonds. The molecule has 0 saturated heterocycles. The van der Waals surface area contributed by atoms with Gasteiger partial charge in [-0.1, -0.05) is 0 Å². The smallest absolute Gasteiger partial charge is 0.331 e. The Bertz CT molecular complexity index is 557. The number of aliphatic carboxylic acids is 1. The van der Waals surface area contributed by atoms with Crippen LogP contribution in [0.3, 0.4) is 0 Å². The van der Waals surface area contributed by atoms with Gasteiger partial charge in [0.15, 0.2) is 11.4 Å². The molecular weight excluding hydrogens is 236 g/mol. The van der Waals surface area contributed by atoms with Crippen molar-refractivity contribution in [2.45, 2.75) is 31.3 Å². The number of nitrogens with zero attached hydrogens (tertiary/aromatic N) is 6. The Morgan fingerprint density at radius 1 is 1.50 bits per heavy atom. The number of hydrogen-bond donors (Lipinski definition) is 1. The maximum absolute atomic E-state index is 11.4. The minimum absolute atomic E-state index is 0.370. The molecule has 0 aromatic carbocycles. The van der Waals surface area contributed by atoms with Crippen LogP contribution in [0.2, 0.25) is 0 Å². The van der Waals surface area contributed by atoms with E-state index in [4.69, 9.17) is 0 Å². The van der Waals surface area contributed by atoms with Crippen molar-refractivity contribution in [1.29, 1.82) is 0 Å². The number of tetrazole rings is 1. The summed E-state index contributed by atoms with van der Waals surface area (Å²) in [5.41, 5.74) is -0.966.